The van der Waals surface area contributed by atoms with E-state index in [2.05, 4.69) is 10.6 Å². The highest BCUT2D eigenvalue weighted by Gasteiger charge is 2.52. The van der Waals surface area contributed by atoms with Gasteiger partial charge in [0.15, 0.2) is 9.84 Å². The maximum Gasteiger partial charge on any atom is 0.315 e. The van der Waals surface area contributed by atoms with E-state index in [4.69, 9.17) is 0 Å². The van der Waals surface area contributed by atoms with Crippen LogP contribution in [0, 0.1) is 12.7 Å². The first-order valence-corrected chi connectivity index (χ1v) is 8.59. The number of rotatable bonds is 5. The summed E-state index contributed by atoms with van der Waals surface area (Å²) in [6, 6.07) is 4.19. The molecule has 0 bridgehead atoms. The fraction of sp³-hybridized carbons (Fsp3) is 0.500. The lowest BCUT2D eigenvalue weighted by Crippen LogP contribution is -2.42. The lowest BCUT2D eigenvalue weighted by molar-refractivity contribution is 0.240. The van der Waals surface area contributed by atoms with Crippen molar-refractivity contribution >= 4 is 15.9 Å². The number of hydrogen-bond acceptors (Lipinski definition) is 3. The van der Waals surface area contributed by atoms with Gasteiger partial charge >= 0.3 is 6.03 Å². The second-order valence-corrected chi connectivity index (χ2v) is 7.99. The number of carbonyl (C=O) groups is 1. The van der Waals surface area contributed by atoms with Crippen LogP contribution in [0.1, 0.15) is 24.0 Å². The van der Waals surface area contributed by atoms with E-state index in [1.54, 1.807) is 19.1 Å². The van der Waals surface area contributed by atoms with Crippen LogP contribution in [0.5, 0.6) is 0 Å². The van der Waals surface area contributed by atoms with Crippen molar-refractivity contribution in [3.8, 4) is 0 Å². The Bertz CT molecular complexity index is 654. The molecule has 1 fully saturated rings. The van der Waals surface area contributed by atoms with Gasteiger partial charge in [0.05, 0.1) is 4.75 Å². The molecule has 7 heteroatoms. The van der Waals surface area contributed by atoms with Crippen molar-refractivity contribution in [1.29, 1.82) is 0 Å². The van der Waals surface area contributed by atoms with Gasteiger partial charge in [-0.3, -0.25) is 0 Å². The topological polar surface area (TPSA) is 75.3 Å². The maximum atomic E-state index is 13.1. The molecule has 0 heterocycles. The van der Waals surface area contributed by atoms with Crippen molar-refractivity contribution in [1.82, 2.24) is 10.6 Å². The summed E-state index contributed by atoms with van der Waals surface area (Å²) >= 11 is 0. The highest BCUT2D eigenvalue weighted by molar-refractivity contribution is 7.92. The Kier molecular flexibility index (Phi) is 4.22. The molecule has 1 aliphatic rings. The van der Waals surface area contributed by atoms with Crippen molar-refractivity contribution in [3.63, 3.8) is 0 Å². The minimum atomic E-state index is -3.15. The van der Waals surface area contributed by atoms with Gasteiger partial charge < -0.3 is 10.6 Å². The van der Waals surface area contributed by atoms with Crippen molar-refractivity contribution in [3.05, 3.63) is 35.1 Å². The molecular weight excluding hydrogens is 295 g/mol. The van der Waals surface area contributed by atoms with Crippen LogP contribution < -0.4 is 10.6 Å². The molecule has 0 saturated heterocycles. The molecule has 0 unspecified atom stereocenters. The summed E-state index contributed by atoms with van der Waals surface area (Å²) in [4.78, 5) is 11.7. The molecule has 1 aromatic carbocycles. The van der Waals surface area contributed by atoms with Crippen LogP contribution in [0.25, 0.3) is 0 Å². The zero-order chi connectivity index (χ0) is 15.7. The van der Waals surface area contributed by atoms with E-state index >= 15 is 0 Å². The molecule has 2 amide bonds. The summed E-state index contributed by atoms with van der Waals surface area (Å²) in [5.41, 5.74) is 1.30. The van der Waals surface area contributed by atoms with Crippen LogP contribution in [-0.2, 0) is 16.4 Å². The first-order chi connectivity index (χ1) is 9.73. The SMILES string of the molecule is Cc1cc(CNC(=O)NCC2(S(C)(=O)=O)CC2)ccc1F. The molecular formula is C14H19FN2O3S. The van der Waals surface area contributed by atoms with E-state index in [1.165, 1.54) is 12.3 Å². The predicted octanol–water partition coefficient (Wildman–Crippen LogP) is 1.51. The Balaban J connectivity index is 1.82. The molecule has 1 saturated carbocycles. The van der Waals surface area contributed by atoms with Gasteiger partial charge in [0.1, 0.15) is 5.82 Å². The van der Waals surface area contributed by atoms with Crippen LogP contribution in [0.3, 0.4) is 0 Å². The number of urea groups is 1. The summed E-state index contributed by atoms with van der Waals surface area (Å²) in [5, 5.41) is 5.22. The summed E-state index contributed by atoms with van der Waals surface area (Å²) < 4.78 is 35.5. The minimum absolute atomic E-state index is 0.125. The van der Waals surface area contributed by atoms with Crippen LogP contribution in [0.15, 0.2) is 18.2 Å². The van der Waals surface area contributed by atoms with Gasteiger partial charge in [-0.05, 0) is 37.0 Å². The van der Waals surface area contributed by atoms with E-state index in [1.807, 2.05) is 0 Å². The van der Waals surface area contributed by atoms with Gasteiger partial charge in [0.25, 0.3) is 0 Å². The van der Waals surface area contributed by atoms with Crippen LogP contribution in [-0.4, -0.2) is 32.0 Å². The highest BCUT2D eigenvalue weighted by Crippen LogP contribution is 2.42. The molecule has 2 N–H and O–H groups in total. The number of hydrogen-bond donors (Lipinski definition) is 2. The quantitative estimate of drug-likeness (QED) is 0.865. The lowest BCUT2D eigenvalue weighted by atomic mass is 10.1. The number of amides is 2. The first kappa shape index (κ1) is 15.8. The maximum absolute atomic E-state index is 13.1. The van der Waals surface area contributed by atoms with E-state index in [0.717, 1.165) is 5.56 Å². The van der Waals surface area contributed by atoms with Crippen LogP contribution >= 0.6 is 0 Å². The van der Waals surface area contributed by atoms with E-state index in [-0.39, 0.29) is 18.9 Å². The average Bonchev–Trinajstić information content (AvgIpc) is 3.18. The number of aryl methyl sites for hydroxylation is 1. The Morgan fingerprint density at radius 3 is 2.52 bits per heavy atom. The molecule has 2 rings (SSSR count). The van der Waals surface area contributed by atoms with E-state index in [9.17, 15) is 17.6 Å². The van der Waals surface area contributed by atoms with Crippen molar-refractivity contribution in [2.45, 2.75) is 31.1 Å². The fourth-order valence-corrected chi connectivity index (χ4v) is 3.30. The number of halogens is 1. The fourth-order valence-electron chi connectivity index (χ4n) is 2.12. The summed E-state index contributed by atoms with van der Waals surface area (Å²) in [6.07, 6.45) is 2.37. The van der Waals surface area contributed by atoms with Gasteiger partial charge in [-0.25, -0.2) is 17.6 Å². The van der Waals surface area contributed by atoms with Gasteiger partial charge in [-0.15, -0.1) is 0 Å². The van der Waals surface area contributed by atoms with E-state index in [0.29, 0.717) is 18.4 Å². The van der Waals surface area contributed by atoms with Gasteiger partial charge in [0.2, 0.25) is 0 Å². The average molecular weight is 314 g/mol. The smallest absolute Gasteiger partial charge is 0.315 e. The summed E-state index contributed by atoms with van der Waals surface area (Å²) in [6.45, 7) is 2.04. The lowest BCUT2D eigenvalue weighted by Gasteiger charge is -2.14. The molecule has 0 aliphatic heterocycles. The third-order valence-electron chi connectivity index (χ3n) is 3.84. The second kappa shape index (κ2) is 5.63. The Labute approximate surface area is 123 Å². The molecule has 21 heavy (non-hydrogen) atoms. The molecule has 0 spiro atoms. The predicted molar refractivity (Wildman–Crippen MR) is 78.2 cm³/mol. The highest BCUT2D eigenvalue weighted by atomic mass is 32.2. The Morgan fingerprint density at radius 1 is 1.33 bits per heavy atom. The normalized spacial score (nSPS) is 16.3. The molecule has 116 valence electrons. The monoisotopic (exact) mass is 314 g/mol. The number of sulfone groups is 1. The zero-order valence-corrected chi connectivity index (χ0v) is 12.9. The first-order valence-electron chi connectivity index (χ1n) is 6.70. The molecule has 0 aromatic heterocycles. The molecule has 5 nitrogen and oxygen atoms in total. The van der Waals surface area contributed by atoms with Gasteiger partial charge in [-0.2, -0.15) is 0 Å². The van der Waals surface area contributed by atoms with Gasteiger partial charge in [0, 0.05) is 19.3 Å². The summed E-state index contributed by atoms with van der Waals surface area (Å²) in [5.74, 6) is -0.285. The van der Waals surface area contributed by atoms with Crippen LogP contribution in [0.2, 0.25) is 0 Å². The van der Waals surface area contributed by atoms with Gasteiger partial charge in [-0.1, -0.05) is 12.1 Å². The molecule has 0 radical (unpaired) electrons. The number of nitrogens with one attached hydrogen (secondary N) is 2. The largest absolute Gasteiger partial charge is 0.337 e. The number of benzene rings is 1. The van der Waals surface area contributed by atoms with Crippen molar-refractivity contribution in [2.75, 3.05) is 12.8 Å². The standard InChI is InChI=1S/C14H19FN2O3S/c1-10-7-11(3-4-12(10)15)8-16-13(18)17-9-14(5-6-14)21(2,19)20/h3-4,7H,5-6,8-9H2,1-2H3,(H2,16,17,18). The van der Waals surface area contributed by atoms with Crippen LogP contribution in [0.4, 0.5) is 9.18 Å². The molecule has 1 aromatic rings. The third kappa shape index (κ3) is 3.72. The Morgan fingerprint density at radius 2 is 2.00 bits per heavy atom. The summed E-state index contributed by atoms with van der Waals surface area (Å²) in [7, 11) is -3.15. The third-order valence-corrected chi connectivity index (χ3v) is 5.97. The zero-order valence-electron chi connectivity index (χ0n) is 12.1. The van der Waals surface area contributed by atoms with Crippen molar-refractivity contribution < 1.29 is 17.6 Å². The molecule has 1 aliphatic carbocycles. The van der Waals surface area contributed by atoms with Crippen molar-refractivity contribution in [2.24, 2.45) is 0 Å². The Hall–Kier alpha value is -1.63. The van der Waals surface area contributed by atoms with E-state index < -0.39 is 20.6 Å². The molecule has 0 atom stereocenters. The number of carbonyl (C=O) groups excluding carboxylic acids is 1. The minimum Gasteiger partial charge on any atom is -0.337 e. The second-order valence-electron chi connectivity index (χ2n) is 5.57.